The minimum atomic E-state index is -0.380. The average molecular weight is 341 g/mol. The van der Waals surface area contributed by atoms with Crippen LogP contribution in [0.3, 0.4) is 0 Å². The van der Waals surface area contributed by atoms with Crippen LogP contribution in [0.1, 0.15) is 35.7 Å². The number of ketones is 1. The molecule has 0 aromatic heterocycles. The molecule has 1 amide bonds. The number of hydrogen-bond donors (Lipinski definition) is 1. The number of hydrogen-bond acceptors (Lipinski definition) is 3. The third kappa shape index (κ3) is 4.66. The van der Waals surface area contributed by atoms with Gasteiger partial charge in [0.05, 0.1) is 0 Å². The Bertz CT molecular complexity index is 752. The molecule has 2 aromatic carbocycles. The van der Waals surface area contributed by atoms with Crippen molar-refractivity contribution in [3.05, 3.63) is 65.5 Å². The van der Waals surface area contributed by atoms with Gasteiger partial charge in [-0.05, 0) is 74.2 Å². The lowest BCUT2D eigenvalue weighted by atomic mass is 10.0. The molecule has 0 saturated heterocycles. The molecular weight excluding hydrogens is 321 g/mol. The van der Waals surface area contributed by atoms with Gasteiger partial charge in [0.1, 0.15) is 11.6 Å². The Balaban J connectivity index is 1.53. The first-order chi connectivity index (χ1) is 12.0. The molecule has 0 heterocycles. The monoisotopic (exact) mass is 341 g/mol. The van der Waals surface area contributed by atoms with Gasteiger partial charge in [-0.15, -0.1) is 0 Å². The molecule has 4 nitrogen and oxygen atoms in total. The second-order valence-corrected chi connectivity index (χ2v) is 6.34. The Morgan fingerprint density at radius 2 is 1.64 bits per heavy atom. The summed E-state index contributed by atoms with van der Waals surface area (Å²) in [5.41, 5.74) is 0.897. The first kappa shape index (κ1) is 17.1. The van der Waals surface area contributed by atoms with Crippen LogP contribution in [0.4, 0.5) is 4.39 Å². The van der Waals surface area contributed by atoms with Crippen molar-refractivity contribution in [1.29, 1.82) is 0 Å². The van der Waals surface area contributed by atoms with Crippen LogP contribution in [-0.2, 0) is 4.79 Å². The predicted molar refractivity (Wildman–Crippen MR) is 92.1 cm³/mol. The van der Waals surface area contributed by atoms with E-state index >= 15 is 0 Å². The summed E-state index contributed by atoms with van der Waals surface area (Å²) in [5.74, 6) is 0.397. The summed E-state index contributed by atoms with van der Waals surface area (Å²) in [4.78, 5) is 24.1. The summed E-state index contributed by atoms with van der Waals surface area (Å²) < 4.78 is 18.4. The van der Waals surface area contributed by atoms with E-state index in [1.807, 2.05) is 6.92 Å². The maximum absolute atomic E-state index is 12.9. The molecule has 3 rings (SSSR count). The Morgan fingerprint density at radius 1 is 1.08 bits per heavy atom. The van der Waals surface area contributed by atoms with Crippen molar-refractivity contribution in [2.75, 3.05) is 6.61 Å². The van der Waals surface area contributed by atoms with Crippen LogP contribution >= 0.6 is 0 Å². The van der Waals surface area contributed by atoms with E-state index in [0.29, 0.717) is 22.8 Å². The summed E-state index contributed by atoms with van der Waals surface area (Å²) in [6, 6.07) is 12.2. The largest absolute Gasteiger partial charge is 0.484 e. The normalized spacial score (nSPS) is 14.6. The second-order valence-electron chi connectivity index (χ2n) is 6.34. The summed E-state index contributed by atoms with van der Waals surface area (Å²) in [7, 11) is 0. The fourth-order valence-corrected chi connectivity index (χ4v) is 2.63. The minimum Gasteiger partial charge on any atom is -0.484 e. The highest BCUT2D eigenvalue weighted by molar-refractivity contribution is 6.09. The third-order valence-electron chi connectivity index (χ3n) is 4.31. The summed E-state index contributed by atoms with van der Waals surface area (Å²) in [6.07, 6.45) is 2.34. The molecule has 0 bridgehead atoms. The summed E-state index contributed by atoms with van der Waals surface area (Å²) >= 11 is 0. The zero-order valence-electron chi connectivity index (χ0n) is 14.0. The molecule has 0 aliphatic heterocycles. The van der Waals surface area contributed by atoms with E-state index in [9.17, 15) is 14.0 Å². The van der Waals surface area contributed by atoms with Crippen LogP contribution < -0.4 is 10.1 Å². The maximum atomic E-state index is 12.9. The number of carbonyl (C=O) groups is 2. The molecule has 1 N–H and O–H groups in total. The lowest BCUT2D eigenvalue weighted by molar-refractivity contribution is -0.123. The fraction of sp³-hybridized carbons (Fsp3) is 0.300. The van der Waals surface area contributed by atoms with Gasteiger partial charge in [0.25, 0.3) is 5.91 Å². The number of carbonyl (C=O) groups excluding carboxylic acids is 2. The third-order valence-corrected chi connectivity index (χ3v) is 4.31. The van der Waals surface area contributed by atoms with Crippen LogP contribution in [0.5, 0.6) is 5.75 Å². The first-order valence-electron chi connectivity index (χ1n) is 8.35. The molecule has 1 aliphatic carbocycles. The molecule has 2 aromatic rings. The van der Waals surface area contributed by atoms with Crippen molar-refractivity contribution < 1.29 is 18.7 Å². The molecule has 0 radical (unpaired) electrons. The Morgan fingerprint density at radius 3 is 2.20 bits per heavy atom. The van der Waals surface area contributed by atoms with Crippen molar-refractivity contribution >= 4 is 11.7 Å². The molecule has 1 saturated carbocycles. The number of ether oxygens (including phenoxy) is 1. The van der Waals surface area contributed by atoms with E-state index in [1.165, 1.54) is 37.1 Å². The smallest absolute Gasteiger partial charge is 0.258 e. The van der Waals surface area contributed by atoms with Gasteiger partial charge in [0.2, 0.25) is 0 Å². The summed E-state index contributed by atoms with van der Waals surface area (Å²) in [6.45, 7) is 1.95. The molecule has 130 valence electrons. The number of halogens is 1. The van der Waals surface area contributed by atoms with E-state index in [2.05, 4.69) is 5.32 Å². The van der Waals surface area contributed by atoms with Gasteiger partial charge in [-0.1, -0.05) is 0 Å². The lowest BCUT2D eigenvalue weighted by Gasteiger charge is -2.13. The molecule has 0 spiro atoms. The van der Waals surface area contributed by atoms with Gasteiger partial charge in [-0.2, -0.15) is 0 Å². The molecule has 0 unspecified atom stereocenters. The van der Waals surface area contributed by atoms with Crippen molar-refractivity contribution in [3.63, 3.8) is 0 Å². The molecular formula is C20H20FNO3. The minimum absolute atomic E-state index is 0.0533. The predicted octanol–water partition coefficient (Wildman–Crippen LogP) is 3.35. The van der Waals surface area contributed by atoms with Gasteiger partial charge in [0, 0.05) is 17.2 Å². The van der Waals surface area contributed by atoms with E-state index in [4.69, 9.17) is 4.74 Å². The molecule has 1 atom stereocenters. The highest BCUT2D eigenvalue weighted by Gasteiger charge is 2.28. The quantitative estimate of drug-likeness (QED) is 0.786. The number of nitrogens with one attached hydrogen (secondary N) is 1. The van der Waals surface area contributed by atoms with E-state index < -0.39 is 0 Å². The van der Waals surface area contributed by atoms with Crippen LogP contribution in [0, 0.1) is 11.7 Å². The van der Waals surface area contributed by atoms with E-state index in [-0.39, 0.29) is 30.2 Å². The van der Waals surface area contributed by atoms with Gasteiger partial charge in [-0.3, -0.25) is 9.59 Å². The number of benzene rings is 2. The SMILES string of the molecule is C[C@@H](NC(=O)COc1ccc(C(=O)c2ccc(F)cc2)cc1)C1CC1. The van der Waals surface area contributed by atoms with E-state index in [1.54, 1.807) is 24.3 Å². The molecule has 5 heteroatoms. The van der Waals surface area contributed by atoms with E-state index in [0.717, 1.165) is 0 Å². The maximum Gasteiger partial charge on any atom is 0.258 e. The Labute approximate surface area is 146 Å². The van der Waals surface area contributed by atoms with Crippen LogP contribution in [-0.4, -0.2) is 24.3 Å². The zero-order chi connectivity index (χ0) is 17.8. The Kier molecular flexibility index (Phi) is 5.12. The van der Waals surface area contributed by atoms with Gasteiger partial charge in [0.15, 0.2) is 12.4 Å². The molecule has 1 aliphatic rings. The standard InChI is InChI=1S/C20H20FNO3/c1-13(14-2-3-14)22-19(23)12-25-18-10-6-16(7-11-18)20(24)15-4-8-17(21)9-5-15/h4-11,13-14H,2-3,12H2,1H3,(H,22,23)/t13-/m1/s1. The highest BCUT2D eigenvalue weighted by atomic mass is 19.1. The first-order valence-corrected chi connectivity index (χ1v) is 8.35. The molecule has 1 fully saturated rings. The van der Waals surface area contributed by atoms with Gasteiger partial charge in [-0.25, -0.2) is 4.39 Å². The van der Waals surface area contributed by atoms with Crippen molar-refractivity contribution in [1.82, 2.24) is 5.32 Å². The fourth-order valence-electron chi connectivity index (χ4n) is 2.63. The molecule has 25 heavy (non-hydrogen) atoms. The summed E-state index contributed by atoms with van der Waals surface area (Å²) in [5, 5.41) is 2.92. The topological polar surface area (TPSA) is 55.4 Å². The van der Waals surface area contributed by atoms with Crippen molar-refractivity contribution in [2.24, 2.45) is 5.92 Å². The lowest BCUT2D eigenvalue weighted by Crippen LogP contribution is -2.37. The van der Waals surface area contributed by atoms with Crippen LogP contribution in [0.15, 0.2) is 48.5 Å². The second kappa shape index (κ2) is 7.47. The zero-order valence-corrected chi connectivity index (χ0v) is 14.0. The van der Waals surface area contributed by atoms with Crippen LogP contribution in [0.2, 0.25) is 0 Å². The van der Waals surface area contributed by atoms with Gasteiger partial charge >= 0.3 is 0 Å². The van der Waals surface area contributed by atoms with Crippen molar-refractivity contribution in [2.45, 2.75) is 25.8 Å². The number of rotatable bonds is 7. The van der Waals surface area contributed by atoms with Crippen LogP contribution in [0.25, 0.3) is 0 Å². The highest BCUT2D eigenvalue weighted by Crippen LogP contribution is 2.32. The Hall–Kier alpha value is -2.69. The van der Waals surface area contributed by atoms with Gasteiger partial charge < -0.3 is 10.1 Å². The number of amides is 1. The van der Waals surface area contributed by atoms with Crippen molar-refractivity contribution in [3.8, 4) is 5.75 Å². The average Bonchev–Trinajstić information content (AvgIpc) is 3.46.